The van der Waals surface area contributed by atoms with Gasteiger partial charge in [0.1, 0.15) is 5.82 Å². The molecule has 0 radical (unpaired) electrons. The number of rotatable bonds is 7. The third-order valence-corrected chi connectivity index (χ3v) is 5.09. The van der Waals surface area contributed by atoms with Crippen molar-refractivity contribution in [1.29, 1.82) is 0 Å². The Labute approximate surface area is 170 Å². The van der Waals surface area contributed by atoms with Gasteiger partial charge in [0.15, 0.2) is 0 Å². The predicted molar refractivity (Wildman–Crippen MR) is 114 cm³/mol. The van der Waals surface area contributed by atoms with E-state index < -0.39 is 0 Å². The number of benzene rings is 2. The first-order chi connectivity index (χ1) is 13.8. The molecule has 6 heteroatoms. The molecule has 28 heavy (non-hydrogen) atoms. The summed E-state index contributed by atoms with van der Waals surface area (Å²) >= 11 is 6.27. The van der Waals surface area contributed by atoms with E-state index in [4.69, 9.17) is 21.3 Å². The molecule has 1 fully saturated rings. The van der Waals surface area contributed by atoms with Crippen LogP contribution in [0.3, 0.4) is 0 Å². The number of nitrogens with zero attached hydrogens (tertiary/aromatic N) is 2. The number of hydrogen-bond acceptors (Lipinski definition) is 5. The first-order valence-electron chi connectivity index (χ1n) is 9.55. The standard InChI is InChI=1S/C22H23ClN4O/c23-19-11-5-4-9-17(19)14-24-21-13-20(16-7-2-1-3-8-16)26-22(27-21)25-15-18-10-6-12-28-18/h1-5,7-9,11,13,18H,6,10,12,14-15H2,(H2,24,25,26,27). The topological polar surface area (TPSA) is 59.1 Å². The van der Waals surface area contributed by atoms with Crippen LogP contribution in [0.1, 0.15) is 18.4 Å². The number of anilines is 2. The molecule has 1 atom stereocenters. The smallest absolute Gasteiger partial charge is 0.225 e. The molecule has 2 aromatic carbocycles. The van der Waals surface area contributed by atoms with Crippen molar-refractivity contribution >= 4 is 23.4 Å². The number of hydrogen-bond donors (Lipinski definition) is 2. The SMILES string of the molecule is Clc1ccccc1CNc1cc(-c2ccccc2)nc(NCC2CCCO2)n1. The van der Waals surface area contributed by atoms with Gasteiger partial charge >= 0.3 is 0 Å². The molecule has 0 saturated carbocycles. The molecule has 1 saturated heterocycles. The molecular formula is C22H23ClN4O. The fraction of sp³-hybridized carbons (Fsp3) is 0.273. The maximum Gasteiger partial charge on any atom is 0.225 e. The minimum Gasteiger partial charge on any atom is -0.376 e. The first kappa shape index (κ1) is 18.7. The lowest BCUT2D eigenvalue weighted by Crippen LogP contribution is -2.20. The second-order valence-electron chi connectivity index (χ2n) is 6.79. The minimum atomic E-state index is 0.225. The summed E-state index contributed by atoms with van der Waals surface area (Å²) in [6.07, 6.45) is 2.41. The molecule has 3 aromatic rings. The van der Waals surface area contributed by atoms with Gasteiger partial charge in [0.25, 0.3) is 0 Å². The van der Waals surface area contributed by atoms with Crippen LogP contribution in [0.25, 0.3) is 11.3 Å². The lowest BCUT2D eigenvalue weighted by Gasteiger charge is -2.14. The third kappa shape index (κ3) is 4.80. The van der Waals surface area contributed by atoms with Crippen molar-refractivity contribution in [2.45, 2.75) is 25.5 Å². The second-order valence-corrected chi connectivity index (χ2v) is 7.20. The molecule has 4 rings (SSSR count). The zero-order valence-corrected chi connectivity index (χ0v) is 16.3. The van der Waals surface area contributed by atoms with E-state index in [9.17, 15) is 0 Å². The molecule has 1 aromatic heterocycles. The van der Waals surface area contributed by atoms with Gasteiger partial charge in [0.05, 0.1) is 11.8 Å². The molecule has 0 spiro atoms. The van der Waals surface area contributed by atoms with Crippen LogP contribution in [0.2, 0.25) is 5.02 Å². The van der Waals surface area contributed by atoms with Crippen LogP contribution in [0.15, 0.2) is 60.7 Å². The quantitative estimate of drug-likeness (QED) is 0.590. The van der Waals surface area contributed by atoms with Crippen molar-refractivity contribution < 1.29 is 4.74 Å². The summed E-state index contributed by atoms with van der Waals surface area (Å²) in [7, 11) is 0. The van der Waals surface area contributed by atoms with Gasteiger partial charge in [-0.25, -0.2) is 4.98 Å². The van der Waals surface area contributed by atoms with E-state index in [0.29, 0.717) is 19.0 Å². The lowest BCUT2D eigenvalue weighted by atomic mass is 10.1. The Balaban J connectivity index is 1.55. The average molecular weight is 395 g/mol. The van der Waals surface area contributed by atoms with Crippen molar-refractivity contribution in [2.75, 3.05) is 23.8 Å². The molecule has 0 bridgehead atoms. The van der Waals surface area contributed by atoms with Gasteiger partial charge in [-0.2, -0.15) is 4.98 Å². The Morgan fingerprint density at radius 3 is 2.61 bits per heavy atom. The van der Waals surface area contributed by atoms with Crippen molar-refractivity contribution in [3.8, 4) is 11.3 Å². The highest BCUT2D eigenvalue weighted by Crippen LogP contribution is 2.23. The van der Waals surface area contributed by atoms with E-state index >= 15 is 0 Å². The van der Waals surface area contributed by atoms with E-state index in [1.807, 2.05) is 60.7 Å². The summed E-state index contributed by atoms with van der Waals surface area (Å²) in [5.41, 5.74) is 2.94. The maximum atomic E-state index is 6.27. The summed E-state index contributed by atoms with van der Waals surface area (Å²) in [5.74, 6) is 1.35. The molecule has 2 heterocycles. The van der Waals surface area contributed by atoms with Gasteiger partial charge in [-0.15, -0.1) is 0 Å². The van der Waals surface area contributed by atoms with Crippen molar-refractivity contribution in [1.82, 2.24) is 9.97 Å². The first-order valence-corrected chi connectivity index (χ1v) is 9.93. The second kappa shape index (κ2) is 9.04. The maximum absolute atomic E-state index is 6.27. The van der Waals surface area contributed by atoms with Gasteiger partial charge in [-0.05, 0) is 24.5 Å². The Hall–Kier alpha value is -2.63. The highest BCUT2D eigenvalue weighted by Gasteiger charge is 2.16. The summed E-state index contributed by atoms with van der Waals surface area (Å²) in [5, 5.41) is 7.45. The molecule has 1 unspecified atom stereocenters. The molecular weight excluding hydrogens is 372 g/mol. The largest absolute Gasteiger partial charge is 0.376 e. The highest BCUT2D eigenvalue weighted by molar-refractivity contribution is 6.31. The molecule has 144 valence electrons. The number of nitrogens with one attached hydrogen (secondary N) is 2. The van der Waals surface area contributed by atoms with E-state index in [-0.39, 0.29) is 6.10 Å². The fourth-order valence-corrected chi connectivity index (χ4v) is 3.41. The normalized spacial score (nSPS) is 16.1. The van der Waals surface area contributed by atoms with Crippen LogP contribution in [0.4, 0.5) is 11.8 Å². The zero-order valence-electron chi connectivity index (χ0n) is 15.6. The predicted octanol–water partition coefficient (Wildman–Crippen LogP) is 5.00. The lowest BCUT2D eigenvalue weighted by molar-refractivity contribution is 0.120. The van der Waals surface area contributed by atoms with Crippen LogP contribution >= 0.6 is 11.6 Å². The molecule has 0 aliphatic carbocycles. The molecule has 0 amide bonds. The fourth-order valence-electron chi connectivity index (χ4n) is 3.21. The van der Waals surface area contributed by atoms with E-state index in [1.165, 1.54) is 0 Å². The van der Waals surface area contributed by atoms with Crippen LogP contribution in [-0.2, 0) is 11.3 Å². The van der Waals surface area contributed by atoms with Gasteiger partial charge in [0.2, 0.25) is 5.95 Å². The summed E-state index contributed by atoms with van der Waals surface area (Å²) in [4.78, 5) is 9.33. The van der Waals surface area contributed by atoms with Gasteiger partial charge in [-0.3, -0.25) is 0 Å². The van der Waals surface area contributed by atoms with Crippen molar-refractivity contribution in [2.24, 2.45) is 0 Å². The zero-order chi connectivity index (χ0) is 19.2. The summed E-state index contributed by atoms with van der Waals surface area (Å²) in [6, 6.07) is 19.9. The Bertz CT molecular complexity index is 913. The summed E-state index contributed by atoms with van der Waals surface area (Å²) in [6.45, 7) is 2.14. The molecule has 1 aliphatic rings. The monoisotopic (exact) mass is 394 g/mol. The Morgan fingerprint density at radius 1 is 1.00 bits per heavy atom. The Kier molecular flexibility index (Phi) is 6.04. The van der Waals surface area contributed by atoms with Crippen LogP contribution in [-0.4, -0.2) is 29.2 Å². The third-order valence-electron chi connectivity index (χ3n) is 4.73. The van der Waals surface area contributed by atoms with Crippen LogP contribution in [0.5, 0.6) is 0 Å². The molecule has 1 aliphatic heterocycles. The van der Waals surface area contributed by atoms with Gasteiger partial charge in [-0.1, -0.05) is 60.1 Å². The minimum absolute atomic E-state index is 0.225. The number of ether oxygens (including phenoxy) is 1. The summed E-state index contributed by atoms with van der Waals surface area (Å²) < 4.78 is 5.69. The van der Waals surface area contributed by atoms with E-state index in [2.05, 4.69) is 15.6 Å². The Morgan fingerprint density at radius 2 is 1.82 bits per heavy atom. The van der Waals surface area contributed by atoms with Gasteiger partial charge < -0.3 is 15.4 Å². The van der Waals surface area contributed by atoms with Crippen molar-refractivity contribution in [3.05, 3.63) is 71.2 Å². The van der Waals surface area contributed by atoms with Crippen molar-refractivity contribution in [3.63, 3.8) is 0 Å². The number of halogens is 1. The van der Waals surface area contributed by atoms with E-state index in [0.717, 1.165) is 47.1 Å². The molecule has 2 N–H and O–H groups in total. The number of aromatic nitrogens is 2. The van der Waals surface area contributed by atoms with Gasteiger partial charge in [0, 0.05) is 36.3 Å². The van der Waals surface area contributed by atoms with Crippen LogP contribution < -0.4 is 10.6 Å². The molecule has 5 nitrogen and oxygen atoms in total. The van der Waals surface area contributed by atoms with E-state index in [1.54, 1.807) is 0 Å². The van der Waals surface area contributed by atoms with Crippen LogP contribution in [0, 0.1) is 0 Å². The average Bonchev–Trinajstić information content (AvgIpc) is 3.26. The highest BCUT2D eigenvalue weighted by atomic mass is 35.5.